The van der Waals surface area contributed by atoms with Crippen LogP contribution in [0.1, 0.15) is 18.1 Å². The summed E-state index contributed by atoms with van der Waals surface area (Å²) in [6, 6.07) is 9.97. The molecule has 0 aliphatic carbocycles. The minimum atomic E-state index is 0.0621. The lowest BCUT2D eigenvalue weighted by molar-refractivity contribution is 0.116. The summed E-state index contributed by atoms with van der Waals surface area (Å²) in [6.07, 6.45) is 0.757. The van der Waals surface area contributed by atoms with Gasteiger partial charge in [-0.2, -0.15) is 0 Å². The number of rotatable bonds is 1. The SMILES string of the molecule is O/N=C1/COC(c2ccccc2)C1. The molecule has 3 heteroatoms. The Morgan fingerprint density at radius 1 is 1.31 bits per heavy atom. The van der Waals surface area contributed by atoms with Gasteiger partial charge in [0.05, 0.1) is 18.4 Å². The largest absolute Gasteiger partial charge is 0.411 e. The van der Waals surface area contributed by atoms with Gasteiger partial charge in [-0.1, -0.05) is 35.5 Å². The first-order valence-corrected chi connectivity index (χ1v) is 4.26. The summed E-state index contributed by atoms with van der Waals surface area (Å²) in [5.74, 6) is 0. The molecule has 1 aromatic rings. The van der Waals surface area contributed by atoms with Crippen LogP contribution in [0, 0.1) is 0 Å². The van der Waals surface area contributed by atoms with Crippen LogP contribution in [-0.4, -0.2) is 17.5 Å². The monoisotopic (exact) mass is 177 g/mol. The second kappa shape index (κ2) is 3.58. The van der Waals surface area contributed by atoms with Crippen molar-refractivity contribution in [1.82, 2.24) is 0 Å². The Bertz CT molecular complexity index is 308. The van der Waals surface area contributed by atoms with Crippen molar-refractivity contribution in [2.45, 2.75) is 12.5 Å². The van der Waals surface area contributed by atoms with E-state index in [4.69, 9.17) is 9.94 Å². The van der Waals surface area contributed by atoms with E-state index in [1.807, 2.05) is 30.3 Å². The normalized spacial score (nSPS) is 25.2. The fourth-order valence-electron chi connectivity index (χ4n) is 1.48. The Hall–Kier alpha value is -1.35. The molecule has 1 aromatic carbocycles. The molecule has 0 aromatic heterocycles. The highest BCUT2D eigenvalue weighted by Gasteiger charge is 2.22. The molecule has 0 saturated carbocycles. The average molecular weight is 177 g/mol. The molecule has 1 N–H and O–H groups in total. The molecule has 0 spiro atoms. The topological polar surface area (TPSA) is 41.8 Å². The highest BCUT2D eigenvalue weighted by molar-refractivity contribution is 5.87. The van der Waals surface area contributed by atoms with Gasteiger partial charge in [0.1, 0.15) is 0 Å². The van der Waals surface area contributed by atoms with Crippen molar-refractivity contribution >= 4 is 5.71 Å². The van der Waals surface area contributed by atoms with E-state index < -0.39 is 0 Å². The zero-order valence-corrected chi connectivity index (χ0v) is 7.18. The number of hydrogen-bond donors (Lipinski definition) is 1. The summed E-state index contributed by atoms with van der Waals surface area (Å²) in [5, 5.41) is 11.7. The van der Waals surface area contributed by atoms with Gasteiger partial charge in [-0.05, 0) is 5.56 Å². The average Bonchev–Trinajstić information content (AvgIpc) is 2.67. The van der Waals surface area contributed by atoms with Crippen LogP contribution in [0.5, 0.6) is 0 Å². The molecular weight excluding hydrogens is 166 g/mol. The molecule has 1 unspecified atom stereocenters. The summed E-state index contributed by atoms with van der Waals surface area (Å²) in [7, 11) is 0. The molecule has 0 radical (unpaired) electrons. The molecule has 13 heavy (non-hydrogen) atoms. The van der Waals surface area contributed by atoms with E-state index in [1.165, 1.54) is 0 Å². The molecule has 1 fully saturated rings. The third-order valence-corrected chi connectivity index (χ3v) is 2.18. The van der Waals surface area contributed by atoms with Crippen LogP contribution in [0.4, 0.5) is 0 Å². The van der Waals surface area contributed by atoms with E-state index in [0.29, 0.717) is 18.7 Å². The zero-order valence-electron chi connectivity index (χ0n) is 7.18. The summed E-state index contributed by atoms with van der Waals surface area (Å²) < 4.78 is 5.45. The maximum Gasteiger partial charge on any atom is 0.0891 e. The molecule has 0 bridgehead atoms. The van der Waals surface area contributed by atoms with E-state index in [-0.39, 0.29) is 6.10 Å². The second-order valence-corrected chi connectivity index (χ2v) is 3.08. The van der Waals surface area contributed by atoms with E-state index in [9.17, 15) is 0 Å². The molecule has 1 aliphatic rings. The minimum Gasteiger partial charge on any atom is -0.411 e. The summed E-state index contributed by atoms with van der Waals surface area (Å²) >= 11 is 0. The predicted molar refractivity (Wildman–Crippen MR) is 49.0 cm³/mol. The Labute approximate surface area is 76.6 Å². The molecule has 1 heterocycles. The highest BCUT2D eigenvalue weighted by Crippen LogP contribution is 2.26. The lowest BCUT2D eigenvalue weighted by Gasteiger charge is -2.07. The van der Waals surface area contributed by atoms with Crippen LogP contribution in [0.3, 0.4) is 0 Å². The quantitative estimate of drug-likeness (QED) is 0.526. The first-order valence-electron chi connectivity index (χ1n) is 4.26. The van der Waals surface area contributed by atoms with Crippen molar-refractivity contribution in [2.24, 2.45) is 5.16 Å². The Kier molecular flexibility index (Phi) is 2.27. The smallest absolute Gasteiger partial charge is 0.0891 e. The van der Waals surface area contributed by atoms with Gasteiger partial charge >= 0.3 is 0 Å². The standard InChI is InChI=1S/C10H11NO2/c12-11-9-6-10(13-7-9)8-4-2-1-3-5-8/h1-5,10,12H,6-7H2/b11-9+. The van der Waals surface area contributed by atoms with Crippen LogP contribution < -0.4 is 0 Å². The number of ether oxygens (including phenoxy) is 1. The van der Waals surface area contributed by atoms with Gasteiger partial charge in [-0.15, -0.1) is 0 Å². The molecule has 1 aliphatic heterocycles. The first-order chi connectivity index (χ1) is 6.40. The van der Waals surface area contributed by atoms with Crippen molar-refractivity contribution in [1.29, 1.82) is 0 Å². The lowest BCUT2D eigenvalue weighted by Crippen LogP contribution is -1.95. The molecule has 2 rings (SSSR count). The maximum absolute atomic E-state index is 8.54. The van der Waals surface area contributed by atoms with Gasteiger partial charge in [0.2, 0.25) is 0 Å². The third-order valence-electron chi connectivity index (χ3n) is 2.18. The number of nitrogens with zero attached hydrogens (tertiary/aromatic N) is 1. The van der Waals surface area contributed by atoms with Crippen molar-refractivity contribution < 1.29 is 9.94 Å². The summed E-state index contributed by atoms with van der Waals surface area (Å²) in [6.45, 7) is 0.441. The molecule has 1 atom stereocenters. The van der Waals surface area contributed by atoms with Gasteiger partial charge in [-0.25, -0.2) is 0 Å². The van der Waals surface area contributed by atoms with Crippen LogP contribution in [-0.2, 0) is 4.74 Å². The van der Waals surface area contributed by atoms with Crippen LogP contribution in [0.2, 0.25) is 0 Å². The van der Waals surface area contributed by atoms with Crippen molar-refractivity contribution in [2.75, 3.05) is 6.61 Å². The van der Waals surface area contributed by atoms with E-state index in [0.717, 1.165) is 5.56 Å². The van der Waals surface area contributed by atoms with Crippen LogP contribution >= 0.6 is 0 Å². The van der Waals surface area contributed by atoms with Gasteiger partial charge in [-0.3, -0.25) is 0 Å². The molecule has 68 valence electrons. The third kappa shape index (κ3) is 1.70. The van der Waals surface area contributed by atoms with Crippen molar-refractivity contribution in [3.63, 3.8) is 0 Å². The lowest BCUT2D eigenvalue weighted by atomic mass is 10.1. The predicted octanol–water partition coefficient (Wildman–Crippen LogP) is 1.98. The Morgan fingerprint density at radius 2 is 2.08 bits per heavy atom. The zero-order chi connectivity index (χ0) is 9.10. The van der Waals surface area contributed by atoms with Gasteiger partial charge in [0.25, 0.3) is 0 Å². The number of oxime groups is 1. The van der Waals surface area contributed by atoms with Crippen LogP contribution in [0.25, 0.3) is 0 Å². The molecular formula is C10H11NO2. The van der Waals surface area contributed by atoms with Gasteiger partial charge in [0.15, 0.2) is 0 Å². The number of hydrogen-bond acceptors (Lipinski definition) is 3. The Morgan fingerprint density at radius 3 is 2.69 bits per heavy atom. The van der Waals surface area contributed by atoms with E-state index in [1.54, 1.807) is 0 Å². The summed E-state index contributed by atoms with van der Waals surface area (Å²) in [5.41, 5.74) is 1.86. The number of benzene rings is 1. The fourth-order valence-corrected chi connectivity index (χ4v) is 1.48. The minimum absolute atomic E-state index is 0.0621. The van der Waals surface area contributed by atoms with E-state index >= 15 is 0 Å². The molecule has 1 saturated heterocycles. The van der Waals surface area contributed by atoms with Crippen molar-refractivity contribution in [3.05, 3.63) is 35.9 Å². The Balaban J connectivity index is 2.13. The highest BCUT2D eigenvalue weighted by atomic mass is 16.5. The first kappa shape index (κ1) is 8.26. The molecule has 3 nitrogen and oxygen atoms in total. The van der Waals surface area contributed by atoms with Gasteiger partial charge in [0, 0.05) is 6.42 Å². The summed E-state index contributed by atoms with van der Waals surface area (Å²) in [4.78, 5) is 0. The van der Waals surface area contributed by atoms with E-state index in [2.05, 4.69) is 5.16 Å². The second-order valence-electron chi connectivity index (χ2n) is 3.08. The van der Waals surface area contributed by atoms with Crippen molar-refractivity contribution in [3.8, 4) is 0 Å². The van der Waals surface area contributed by atoms with Gasteiger partial charge < -0.3 is 9.94 Å². The molecule has 0 amide bonds. The fraction of sp³-hybridized carbons (Fsp3) is 0.300. The van der Waals surface area contributed by atoms with Crippen LogP contribution in [0.15, 0.2) is 35.5 Å². The maximum atomic E-state index is 8.54.